The molecule has 0 atom stereocenters. The van der Waals surface area contributed by atoms with E-state index in [2.05, 4.69) is 44.0 Å². The van der Waals surface area contributed by atoms with Crippen LogP contribution in [0.5, 0.6) is 0 Å². The molecule has 2 aliphatic rings. The standard InChI is InChI=1S/C16H19BrN2O/c17-14-11-13(16(18-12-20)7-1-2-8-16)5-6-15(14)19-9-3-4-10-19/h5-6,11H,1-4,7-10H2. The Balaban J connectivity index is 1.94. The first-order chi connectivity index (χ1) is 9.75. The Kier molecular flexibility index (Phi) is 3.95. The summed E-state index contributed by atoms with van der Waals surface area (Å²) in [5, 5.41) is 0. The van der Waals surface area contributed by atoms with Crippen LogP contribution in [0.1, 0.15) is 44.1 Å². The van der Waals surface area contributed by atoms with Gasteiger partial charge in [0.25, 0.3) is 0 Å². The molecule has 106 valence electrons. The van der Waals surface area contributed by atoms with E-state index >= 15 is 0 Å². The second-order valence-corrected chi connectivity index (χ2v) is 6.66. The molecule has 1 aromatic rings. The second-order valence-electron chi connectivity index (χ2n) is 5.80. The van der Waals surface area contributed by atoms with Gasteiger partial charge in [-0.05, 0) is 59.3 Å². The lowest BCUT2D eigenvalue weighted by Gasteiger charge is -2.25. The monoisotopic (exact) mass is 334 g/mol. The second kappa shape index (κ2) is 5.71. The van der Waals surface area contributed by atoms with E-state index in [-0.39, 0.29) is 5.54 Å². The molecule has 1 aliphatic heterocycles. The SMILES string of the molecule is O=C=NC1(c2ccc(N3CCCC3)c(Br)c2)CCCC1. The van der Waals surface area contributed by atoms with Crippen LogP contribution in [0.3, 0.4) is 0 Å². The number of halogens is 1. The minimum atomic E-state index is -0.326. The van der Waals surface area contributed by atoms with Gasteiger partial charge in [-0.3, -0.25) is 0 Å². The molecule has 20 heavy (non-hydrogen) atoms. The zero-order chi connectivity index (χ0) is 14.0. The summed E-state index contributed by atoms with van der Waals surface area (Å²) in [6.07, 6.45) is 8.51. The fraction of sp³-hybridized carbons (Fsp3) is 0.562. The molecule has 3 nitrogen and oxygen atoms in total. The molecule has 0 spiro atoms. The molecule has 2 fully saturated rings. The Morgan fingerprint density at radius 3 is 2.45 bits per heavy atom. The highest BCUT2D eigenvalue weighted by Crippen LogP contribution is 2.44. The topological polar surface area (TPSA) is 32.7 Å². The molecule has 0 N–H and O–H groups in total. The van der Waals surface area contributed by atoms with Crippen molar-refractivity contribution in [3.8, 4) is 0 Å². The molecule has 0 unspecified atom stereocenters. The van der Waals surface area contributed by atoms with Gasteiger partial charge in [-0.2, -0.15) is 4.99 Å². The molecule has 0 aromatic heterocycles. The summed E-state index contributed by atoms with van der Waals surface area (Å²) in [6.45, 7) is 2.27. The molecule has 3 rings (SSSR count). The first-order valence-corrected chi connectivity index (χ1v) is 8.18. The molecule has 4 heteroatoms. The van der Waals surface area contributed by atoms with Gasteiger partial charge in [0.2, 0.25) is 6.08 Å². The number of aliphatic imine (C=N–C) groups is 1. The number of benzene rings is 1. The van der Waals surface area contributed by atoms with Gasteiger partial charge in [0.05, 0.1) is 11.2 Å². The lowest BCUT2D eigenvalue weighted by Crippen LogP contribution is -2.21. The van der Waals surface area contributed by atoms with Crippen molar-refractivity contribution in [2.75, 3.05) is 18.0 Å². The van der Waals surface area contributed by atoms with Crippen molar-refractivity contribution in [2.24, 2.45) is 4.99 Å². The van der Waals surface area contributed by atoms with Crippen molar-refractivity contribution in [2.45, 2.75) is 44.1 Å². The van der Waals surface area contributed by atoms with Gasteiger partial charge >= 0.3 is 0 Å². The van der Waals surface area contributed by atoms with Crippen LogP contribution in [0.25, 0.3) is 0 Å². The lowest BCUT2D eigenvalue weighted by molar-refractivity contribution is 0.455. The van der Waals surface area contributed by atoms with Crippen molar-refractivity contribution in [1.82, 2.24) is 0 Å². The summed E-state index contributed by atoms with van der Waals surface area (Å²) in [5.41, 5.74) is 2.08. The molecule has 1 heterocycles. The lowest BCUT2D eigenvalue weighted by atomic mass is 9.89. The Labute approximate surface area is 128 Å². The predicted octanol–water partition coefficient (Wildman–Crippen LogP) is 4.15. The number of nitrogens with zero attached hydrogens (tertiary/aromatic N) is 2. The number of anilines is 1. The van der Waals surface area contributed by atoms with Crippen molar-refractivity contribution in [3.63, 3.8) is 0 Å². The van der Waals surface area contributed by atoms with E-state index < -0.39 is 0 Å². The van der Waals surface area contributed by atoms with Crippen LogP contribution in [0, 0.1) is 0 Å². The summed E-state index contributed by atoms with van der Waals surface area (Å²) in [5.74, 6) is 0. The number of hydrogen-bond acceptors (Lipinski definition) is 3. The van der Waals surface area contributed by atoms with Gasteiger partial charge in [0.15, 0.2) is 0 Å². The van der Waals surface area contributed by atoms with Crippen LogP contribution in [-0.2, 0) is 10.3 Å². The third kappa shape index (κ3) is 2.43. The van der Waals surface area contributed by atoms with Gasteiger partial charge in [-0.15, -0.1) is 0 Å². The van der Waals surface area contributed by atoms with Crippen LogP contribution < -0.4 is 4.90 Å². The molecule has 0 amide bonds. The Morgan fingerprint density at radius 1 is 1.15 bits per heavy atom. The number of hydrogen-bond donors (Lipinski definition) is 0. The maximum absolute atomic E-state index is 10.8. The zero-order valence-corrected chi connectivity index (χ0v) is 13.2. The largest absolute Gasteiger partial charge is 0.371 e. The molecule has 0 radical (unpaired) electrons. The summed E-state index contributed by atoms with van der Waals surface area (Å²) in [7, 11) is 0. The smallest absolute Gasteiger partial charge is 0.235 e. The Hall–Kier alpha value is -1.12. The molecule has 1 aliphatic carbocycles. The van der Waals surface area contributed by atoms with Crippen molar-refractivity contribution in [3.05, 3.63) is 28.2 Å². The highest BCUT2D eigenvalue weighted by molar-refractivity contribution is 9.10. The highest BCUT2D eigenvalue weighted by Gasteiger charge is 2.36. The summed E-state index contributed by atoms with van der Waals surface area (Å²) < 4.78 is 1.12. The normalized spacial score (nSPS) is 20.9. The van der Waals surface area contributed by atoms with Crippen molar-refractivity contribution >= 4 is 27.7 Å². The van der Waals surface area contributed by atoms with Gasteiger partial charge < -0.3 is 4.90 Å². The predicted molar refractivity (Wildman–Crippen MR) is 83.9 cm³/mol. The van der Waals surface area contributed by atoms with Gasteiger partial charge in [0, 0.05) is 17.6 Å². The van der Waals surface area contributed by atoms with Crippen molar-refractivity contribution < 1.29 is 4.79 Å². The first-order valence-electron chi connectivity index (χ1n) is 7.39. The fourth-order valence-electron chi connectivity index (χ4n) is 3.52. The van der Waals surface area contributed by atoms with Crippen LogP contribution in [-0.4, -0.2) is 19.2 Å². The van der Waals surface area contributed by atoms with Crippen LogP contribution in [0.4, 0.5) is 5.69 Å². The number of carbonyl (C=O) groups excluding carboxylic acids is 1. The summed E-state index contributed by atoms with van der Waals surface area (Å²) in [6, 6.07) is 6.47. The van der Waals surface area contributed by atoms with E-state index in [0.29, 0.717) is 0 Å². The molecule has 1 saturated carbocycles. The van der Waals surface area contributed by atoms with Crippen LogP contribution >= 0.6 is 15.9 Å². The van der Waals surface area contributed by atoms with E-state index in [0.717, 1.165) is 48.8 Å². The maximum atomic E-state index is 10.8. The van der Waals surface area contributed by atoms with Crippen LogP contribution in [0.15, 0.2) is 27.7 Å². The quantitative estimate of drug-likeness (QED) is 0.614. The highest BCUT2D eigenvalue weighted by atomic mass is 79.9. The molecule has 1 saturated heterocycles. The average Bonchev–Trinajstić information content (AvgIpc) is 3.10. The van der Waals surface area contributed by atoms with E-state index in [4.69, 9.17) is 0 Å². The van der Waals surface area contributed by atoms with E-state index in [1.165, 1.54) is 18.5 Å². The first kappa shape index (κ1) is 13.8. The average molecular weight is 335 g/mol. The maximum Gasteiger partial charge on any atom is 0.235 e. The zero-order valence-electron chi connectivity index (χ0n) is 11.6. The number of rotatable bonds is 3. The minimum Gasteiger partial charge on any atom is -0.371 e. The van der Waals surface area contributed by atoms with E-state index in [1.54, 1.807) is 6.08 Å². The van der Waals surface area contributed by atoms with Crippen molar-refractivity contribution in [1.29, 1.82) is 0 Å². The van der Waals surface area contributed by atoms with E-state index in [1.807, 2.05) is 0 Å². The molecule has 0 bridgehead atoms. The Morgan fingerprint density at radius 2 is 1.85 bits per heavy atom. The molecule has 1 aromatic carbocycles. The number of isocyanates is 1. The van der Waals surface area contributed by atoms with Crippen LogP contribution in [0.2, 0.25) is 0 Å². The Bertz CT molecular complexity index is 539. The fourth-order valence-corrected chi connectivity index (χ4v) is 4.15. The van der Waals surface area contributed by atoms with Gasteiger partial charge in [-0.25, -0.2) is 4.79 Å². The van der Waals surface area contributed by atoms with Gasteiger partial charge in [0.1, 0.15) is 0 Å². The third-order valence-electron chi connectivity index (χ3n) is 4.62. The molecular formula is C16H19BrN2O. The molecular weight excluding hydrogens is 316 g/mol. The third-order valence-corrected chi connectivity index (χ3v) is 5.26. The van der Waals surface area contributed by atoms with E-state index in [9.17, 15) is 4.79 Å². The minimum absolute atomic E-state index is 0.326. The summed E-state index contributed by atoms with van der Waals surface area (Å²) >= 11 is 3.70. The van der Waals surface area contributed by atoms with Gasteiger partial charge in [-0.1, -0.05) is 18.9 Å². The summed E-state index contributed by atoms with van der Waals surface area (Å²) in [4.78, 5) is 17.4.